The first-order valence-electron chi connectivity index (χ1n) is 8.58. The molecular formula is C19H29BrO2. The highest BCUT2D eigenvalue weighted by Gasteiger charge is 2.03. The first kappa shape index (κ1) is 19.2. The van der Waals surface area contributed by atoms with E-state index >= 15 is 0 Å². The van der Waals surface area contributed by atoms with Gasteiger partial charge in [0.15, 0.2) is 0 Å². The van der Waals surface area contributed by atoms with Gasteiger partial charge in [-0.05, 0) is 43.2 Å². The van der Waals surface area contributed by atoms with Crippen LogP contribution in [0.2, 0.25) is 0 Å². The van der Waals surface area contributed by atoms with Crippen LogP contribution in [0.1, 0.15) is 68.9 Å². The molecule has 1 aromatic rings. The van der Waals surface area contributed by atoms with Crippen molar-refractivity contribution in [2.75, 3.05) is 5.33 Å². The van der Waals surface area contributed by atoms with Gasteiger partial charge in [0.2, 0.25) is 0 Å². The minimum atomic E-state index is -0.697. The van der Waals surface area contributed by atoms with E-state index in [2.05, 4.69) is 40.2 Å². The van der Waals surface area contributed by atoms with E-state index in [4.69, 9.17) is 5.11 Å². The van der Waals surface area contributed by atoms with E-state index < -0.39 is 5.97 Å². The van der Waals surface area contributed by atoms with Crippen LogP contribution in [0.15, 0.2) is 24.3 Å². The third-order valence-electron chi connectivity index (χ3n) is 4.03. The van der Waals surface area contributed by atoms with Crippen molar-refractivity contribution in [2.24, 2.45) is 0 Å². The largest absolute Gasteiger partial charge is 0.481 e. The second kappa shape index (κ2) is 12.7. The Hall–Kier alpha value is -0.830. The van der Waals surface area contributed by atoms with Crippen molar-refractivity contribution in [1.82, 2.24) is 0 Å². The summed E-state index contributed by atoms with van der Waals surface area (Å²) in [6.07, 6.45) is 12.3. The number of hydrogen-bond acceptors (Lipinski definition) is 1. The highest BCUT2D eigenvalue weighted by atomic mass is 79.9. The Balaban J connectivity index is 2.20. The molecule has 0 unspecified atom stereocenters. The molecule has 0 radical (unpaired) electrons. The molecule has 0 aliphatic rings. The number of aliphatic carboxylic acids is 1. The molecule has 0 atom stereocenters. The summed E-state index contributed by atoms with van der Waals surface area (Å²) >= 11 is 3.47. The number of unbranched alkanes of at least 4 members (excludes halogenated alkanes) is 6. The molecular weight excluding hydrogens is 340 g/mol. The van der Waals surface area contributed by atoms with Crippen LogP contribution in [-0.2, 0) is 17.6 Å². The smallest absolute Gasteiger partial charge is 0.303 e. The van der Waals surface area contributed by atoms with Crippen LogP contribution in [0.25, 0.3) is 0 Å². The summed E-state index contributed by atoms with van der Waals surface area (Å²) in [7, 11) is 0. The Morgan fingerprint density at radius 3 is 1.86 bits per heavy atom. The van der Waals surface area contributed by atoms with E-state index in [1.54, 1.807) is 0 Å². The molecule has 1 N–H and O–H groups in total. The highest BCUT2D eigenvalue weighted by Crippen LogP contribution is 2.16. The topological polar surface area (TPSA) is 37.3 Å². The zero-order valence-corrected chi connectivity index (χ0v) is 15.1. The average molecular weight is 369 g/mol. The van der Waals surface area contributed by atoms with E-state index in [1.807, 2.05) is 0 Å². The first-order chi connectivity index (χ1) is 10.7. The molecule has 3 heteroatoms. The summed E-state index contributed by atoms with van der Waals surface area (Å²) in [6.45, 7) is 0. The van der Waals surface area contributed by atoms with E-state index in [1.165, 1.54) is 56.1 Å². The number of rotatable bonds is 13. The monoisotopic (exact) mass is 368 g/mol. The van der Waals surface area contributed by atoms with Crippen LogP contribution < -0.4 is 0 Å². The Morgan fingerprint density at radius 1 is 0.818 bits per heavy atom. The van der Waals surface area contributed by atoms with Crippen molar-refractivity contribution in [3.8, 4) is 0 Å². The highest BCUT2D eigenvalue weighted by molar-refractivity contribution is 9.09. The molecule has 2 nitrogen and oxygen atoms in total. The fourth-order valence-corrected chi connectivity index (χ4v) is 3.17. The summed E-state index contributed by atoms with van der Waals surface area (Å²) < 4.78 is 0. The molecule has 0 aromatic heterocycles. The molecule has 1 aromatic carbocycles. The molecule has 0 aliphatic heterocycles. The molecule has 0 fully saturated rings. The lowest BCUT2D eigenvalue weighted by molar-refractivity contribution is -0.137. The number of halogens is 1. The van der Waals surface area contributed by atoms with Crippen LogP contribution in [0, 0.1) is 0 Å². The number of aryl methyl sites for hydroxylation is 2. The summed E-state index contributed by atoms with van der Waals surface area (Å²) in [6, 6.07) is 8.50. The van der Waals surface area contributed by atoms with Gasteiger partial charge in [0.25, 0.3) is 0 Å². The standard InChI is InChI=1S/C19H29BrO2/c20-16-9-5-3-1-2-4-6-11-17-12-7-8-13-18(17)14-10-15-19(21)22/h7-8,12-13H,1-6,9-11,14-16H2,(H,21,22). The van der Waals surface area contributed by atoms with Gasteiger partial charge in [-0.15, -0.1) is 0 Å². The van der Waals surface area contributed by atoms with E-state index in [0.29, 0.717) is 0 Å². The molecule has 0 heterocycles. The summed E-state index contributed by atoms with van der Waals surface area (Å²) in [5, 5.41) is 9.87. The van der Waals surface area contributed by atoms with Gasteiger partial charge in [0, 0.05) is 11.8 Å². The Bertz CT molecular complexity index is 418. The zero-order valence-electron chi connectivity index (χ0n) is 13.5. The second-order valence-electron chi connectivity index (χ2n) is 5.93. The van der Waals surface area contributed by atoms with Gasteiger partial charge in [-0.2, -0.15) is 0 Å². The Labute approximate surface area is 143 Å². The minimum absolute atomic E-state index is 0.267. The number of alkyl halides is 1. The maximum atomic E-state index is 10.6. The minimum Gasteiger partial charge on any atom is -0.481 e. The van der Waals surface area contributed by atoms with Gasteiger partial charge < -0.3 is 5.11 Å². The summed E-state index contributed by atoms with van der Waals surface area (Å²) in [4.78, 5) is 10.6. The molecule has 0 spiro atoms. The zero-order chi connectivity index (χ0) is 16.0. The molecule has 0 bridgehead atoms. The summed E-state index contributed by atoms with van der Waals surface area (Å²) in [5.74, 6) is -0.697. The van der Waals surface area contributed by atoms with Crippen LogP contribution in [0.5, 0.6) is 0 Å². The van der Waals surface area contributed by atoms with E-state index in [0.717, 1.165) is 24.6 Å². The predicted octanol–water partition coefficient (Wildman–Crippen LogP) is 5.76. The van der Waals surface area contributed by atoms with Crippen molar-refractivity contribution in [3.05, 3.63) is 35.4 Å². The first-order valence-corrected chi connectivity index (χ1v) is 9.70. The number of benzene rings is 1. The lowest BCUT2D eigenvalue weighted by Crippen LogP contribution is -1.99. The molecule has 0 saturated heterocycles. The van der Waals surface area contributed by atoms with Gasteiger partial charge in [0.05, 0.1) is 0 Å². The van der Waals surface area contributed by atoms with Crippen molar-refractivity contribution in [1.29, 1.82) is 0 Å². The molecule has 1 rings (SSSR count). The van der Waals surface area contributed by atoms with Crippen LogP contribution >= 0.6 is 15.9 Å². The number of carbonyl (C=O) groups is 1. The van der Waals surface area contributed by atoms with Gasteiger partial charge in [-0.1, -0.05) is 72.3 Å². The molecule has 0 aliphatic carbocycles. The third-order valence-corrected chi connectivity index (χ3v) is 4.60. The number of carboxylic acids is 1. The van der Waals surface area contributed by atoms with Gasteiger partial charge in [0.1, 0.15) is 0 Å². The number of carboxylic acid groups (broad SMARTS) is 1. The number of hydrogen-bond donors (Lipinski definition) is 1. The Morgan fingerprint density at radius 2 is 1.32 bits per heavy atom. The second-order valence-corrected chi connectivity index (χ2v) is 6.72. The summed E-state index contributed by atoms with van der Waals surface area (Å²) in [5.41, 5.74) is 2.74. The van der Waals surface area contributed by atoms with Crippen LogP contribution in [0.3, 0.4) is 0 Å². The maximum absolute atomic E-state index is 10.6. The quantitative estimate of drug-likeness (QED) is 0.354. The molecule has 124 valence electrons. The predicted molar refractivity (Wildman–Crippen MR) is 96.8 cm³/mol. The lowest BCUT2D eigenvalue weighted by atomic mass is 9.97. The SMILES string of the molecule is O=C(O)CCCc1ccccc1CCCCCCCCCBr. The van der Waals surface area contributed by atoms with Crippen molar-refractivity contribution >= 4 is 21.9 Å². The third kappa shape index (κ3) is 9.24. The fourth-order valence-electron chi connectivity index (χ4n) is 2.77. The van der Waals surface area contributed by atoms with Crippen LogP contribution in [-0.4, -0.2) is 16.4 Å². The fraction of sp³-hybridized carbons (Fsp3) is 0.632. The van der Waals surface area contributed by atoms with Crippen molar-refractivity contribution < 1.29 is 9.90 Å². The van der Waals surface area contributed by atoms with Crippen molar-refractivity contribution in [2.45, 2.75) is 70.6 Å². The molecule has 0 saturated carbocycles. The van der Waals surface area contributed by atoms with Gasteiger partial charge in [-0.25, -0.2) is 0 Å². The van der Waals surface area contributed by atoms with Gasteiger partial charge in [-0.3, -0.25) is 4.79 Å². The van der Waals surface area contributed by atoms with Crippen LogP contribution in [0.4, 0.5) is 0 Å². The van der Waals surface area contributed by atoms with E-state index in [9.17, 15) is 4.79 Å². The van der Waals surface area contributed by atoms with E-state index in [-0.39, 0.29) is 6.42 Å². The molecule has 22 heavy (non-hydrogen) atoms. The lowest BCUT2D eigenvalue weighted by Gasteiger charge is -2.09. The Kier molecular flexibility index (Phi) is 11.1. The van der Waals surface area contributed by atoms with Gasteiger partial charge >= 0.3 is 5.97 Å². The average Bonchev–Trinajstić information content (AvgIpc) is 2.51. The molecule has 0 amide bonds. The normalized spacial score (nSPS) is 10.8. The van der Waals surface area contributed by atoms with Crippen molar-refractivity contribution in [3.63, 3.8) is 0 Å². The maximum Gasteiger partial charge on any atom is 0.303 e.